The minimum atomic E-state index is -0.468. The normalized spacial score (nSPS) is 24.6. The summed E-state index contributed by atoms with van der Waals surface area (Å²) >= 11 is 0. The Morgan fingerprint density at radius 2 is 2.04 bits per heavy atom. The van der Waals surface area contributed by atoms with Gasteiger partial charge in [-0.3, -0.25) is 0 Å². The molecule has 0 radical (unpaired) electrons. The maximum atomic E-state index is 13.1. The van der Waals surface area contributed by atoms with Crippen LogP contribution in [0.3, 0.4) is 0 Å². The van der Waals surface area contributed by atoms with Crippen molar-refractivity contribution in [3.63, 3.8) is 0 Å². The number of fused-ring (bicyclic) bond motifs is 2. The van der Waals surface area contributed by atoms with Crippen LogP contribution in [0, 0.1) is 18.7 Å². The van der Waals surface area contributed by atoms with Crippen LogP contribution in [0.2, 0.25) is 0 Å². The summed E-state index contributed by atoms with van der Waals surface area (Å²) in [5, 5.41) is 3.01. The molecule has 3 atom stereocenters. The number of benzene rings is 1. The Balaban J connectivity index is 1.56. The Kier molecular flexibility index (Phi) is 3.90. The van der Waals surface area contributed by atoms with Gasteiger partial charge in [-0.2, -0.15) is 0 Å². The molecule has 2 bridgehead atoms. The summed E-state index contributed by atoms with van der Waals surface area (Å²) in [6.45, 7) is 4.16. The third kappa shape index (κ3) is 2.86. The highest BCUT2D eigenvalue weighted by molar-refractivity contribution is 5.91. The van der Waals surface area contributed by atoms with Crippen molar-refractivity contribution in [1.82, 2.24) is 14.9 Å². The van der Waals surface area contributed by atoms with Gasteiger partial charge in [0.15, 0.2) is 11.6 Å². The molecule has 6 heteroatoms. The molecule has 2 fully saturated rings. The average Bonchev–Trinajstić information content (AvgIpc) is 3.14. The number of nitrogens with zero attached hydrogens (tertiary/aromatic N) is 3. The molecule has 1 N–H and O–H groups in total. The summed E-state index contributed by atoms with van der Waals surface area (Å²) in [6, 6.07) is 6.33. The topological polar surface area (TPSA) is 58.1 Å². The molecule has 0 aliphatic carbocycles. The van der Waals surface area contributed by atoms with Gasteiger partial charge in [0.1, 0.15) is 0 Å². The number of halogens is 1. The maximum Gasteiger partial charge on any atom is 0.322 e. The Morgan fingerprint density at radius 3 is 2.68 bits per heavy atom. The van der Waals surface area contributed by atoms with E-state index in [1.807, 2.05) is 30.0 Å². The lowest BCUT2D eigenvalue weighted by Gasteiger charge is -2.23. The van der Waals surface area contributed by atoms with E-state index in [4.69, 9.17) is 0 Å². The first-order valence-corrected chi connectivity index (χ1v) is 8.71. The van der Waals surface area contributed by atoms with Gasteiger partial charge in [0.05, 0.1) is 12.4 Å². The Morgan fingerprint density at radius 1 is 1.28 bits per heavy atom. The Labute approximate surface area is 146 Å². The van der Waals surface area contributed by atoms with Crippen molar-refractivity contribution in [3.8, 4) is 11.4 Å². The van der Waals surface area contributed by atoms with Gasteiger partial charge < -0.3 is 10.2 Å². The molecule has 0 saturated carbocycles. The SMILES string of the molecule is Cc1ccc(NC(=O)N2[C@H]3CC[C@@H]2[C@H](C)C3)cc1-c1ncc(F)cn1. The highest BCUT2D eigenvalue weighted by Gasteiger charge is 2.46. The van der Waals surface area contributed by atoms with Gasteiger partial charge in [0.25, 0.3) is 0 Å². The van der Waals surface area contributed by atoms with Gasteiger partial charge in [0, 0.05) is 23.3 Å². The zero-order valence-electron chi connectivity index (χ0n) is 14.4. The van der Waals surface area contributed by atoms with Crippen molar-refractivity contribution in [1.29, 1.82) is 0 Å². The van der Waals surface area contributed by atoms with Crippen molar-refractivity contribution in [3.05, 3.63) is 42.0 Å². The second-order valence-electron chi connectivity index (χ2n) is 7.10. The number of rotatable bonds is 2. The number of carbonyl (C=O) groups excluding carboxylic acids is 1. The smallest absolute Gasteiger partial charge is 0.318 e. The van der Waals surface area contributed by atoms with E-state index in [2.05, 4.69) is 22.2 Å². The van der Waals surface area contributed by atoms with Gasteiger partial charge in [0.2, 0.25) is 0 Å². The number of aromatic nitrogens is 2. The number of aryl methyl sites for hydroxylation is 1. The molecular formula is C19H21FN4O. The number of nitrogens with one attached hydrogen (secondary N) is 1. The summed E-state index contributed by atoms with van der Waals surface area (Å²) in [6.07, 6.45) is 5.60. The van der Waals surface area contributed by atoms with E-state index < -0.39 is 5.82 Å². The van der Waals surface area contributed by atoms with Crippen molar-refractivity contribution < 1.29 is 9.18 Å². The van der Waals surface area contributed by atoms with Crippen molar-refractivity contribution in [2.24, 2.45) is 5.92 Å². The lowest BCUT2D eigenvalue weighted by molar-refractivity contribution is 0.202. The van der Waals surface area contributed by atoms with E-state index in [1.165, 1.54) is 0 Å². The predicted octanol–water partition coefficient (Wildman–Crippen LogP) is 4.00. The summed E-state index contributed by atoms with van der Waals surface area (Å²) in [5.74, 6) is 0.556. The maximum absolute atomic E-state index is 13.1. The summed E-state index contributed by atoms with van der Waals surface area (Å²) in [7, 11) is 0. The van der Waals surface area contributed by atoms with Crippen molar-refractivity contribution in [2.75, 3.05) is 5.32 Å². The fourth-order valence-electron chi connectivity index (χ4n) is 4.18. The largest absolute Gasteiger partial charge is 0.322 e. The highest BCUT2D eigenvalue weighted by atomic mass is 19.1. The van der Waals surface area contributed by atoms with Crippen LogP contribution in [-0.2, 0) is 0 Å². The lowest BCUT2D eigenvalue weighted by atomic mass is 9.91. The second kappa shape index (κ2) is 6.10. The molecule has 2 aliphatic heterocycles. The zero-order chi connectivity index (χ0) is 17.6. The van der Waals surface area contributed by atoms with Crippen LogP contribution in [0.25, 0.3) is 11.4 Å². The molecule has 130 valence electrons. The molecular weight excluding hydrogens is 319 g/mol. The molecule has 1 aromatic carbocycles. The molecule has 5 nitrogen and oxygen atoms in total. The van der Waals surface area contributed by atoms with E-state index in [0.29, 0.717) is 29.5 Å². The number of urea groups is 1. The monoisotopic (exact) mass is 340 g/mol. The molecule has 1 aromatic heterocycles. The third-order valence-corrected chi connectivity index (χ3v) is 5.43. The van der Waals surface area contributed by atoms with Gasteiger partial charge in [-0.05, 0) is 49.8 Å². The molecule has 0 unspecified atom stereocenters. The van der Waals surface area contributed by atoms with Crippen molar-refractivity contribution in [2.45, 2.75) is 45.2 Å². The minimum absolute atomic E-state index is 0.0355. The van der Waals surface area contributed by atoms with Gasteiger partial charge in [-0.15, -0.1) is 0 Å². The second-order valence-corrected chi connectivity index (χ2v) is 7.10. The van der Waals surface area contributed by atoms with Crippen LogP contribution in [0.1, 0.15) is 31.7 Å². The van der Waals surface area contributed by atoms with Gasteiger partial charge >= 0.3 is 6.03 Å². The van der Waals surface area contributed by atoms with Crippen LogP contribution >= 0.6 is 0 Å². The Bertz CT molecular complexity index is 808. The molecule has 3 heterocycles. The van der Waals surface area contributed by atoms with E-state index in [0.717, 1.165) is 42.8 Å². The molecule has 25 heavy (non-hydrogen) atoms. The van der Waals surface area contributed by atoms with E-state index in [1.54, 1.807) is 0 Å². The van der Waals surface area contributed by atoms with E-state index >= 15 is 0 Å². The first-order chi connectivity index (χ1) is 12.0. The number of amides is 2. The minimum Gasteiger partial charge on any atom is -0.318 e. The quantitative estimate of drug-likeness (QED) is 0.899. The Hall–Kier alpha value is -2.50. The first kappa shape index (κ1) is 16.0. The average molecular weight is 340 g/mol. The lowest BCUT2D eigenvalue weighted by Crippen LogP contribution is -2.39. The van der Waals surface area contributed by atoms with Crippen LogP contribution in [0.4, 0.5) is 14.9 Å². The number of anilines is 1. The third-order valence-electron chi connectivity index (χ3n) is 5.43. The molecule has 2 amide bonds. The predicted molar refractivity (Wildman–Crippen MR) is 93.6 cm³/mol. The highest BCUT2D eigenvalue weighted by Crippen LogP contribution is 2.41. The van der Waals surface area contributed by atoms with Gasteiger partial charge in [-0.1, -0.05) is 13.0 Å². The van der Waals surface area contributed by atoms with Crippen LogP contribution in [0.15, 0.2) is 30.6 Å². The number of hydrogen-bond donors (Lipinski definition) is 1. The van der Waals surface area contributed by atoms with E-state index in [-0.39, 0.29) is 6.03 Å². The fourth-order valence-corrected chi connectivity index (χ4v) is 4.18. The standard InChI is InChI=1S/C19H21FN4O/c1-11-3-4-14(8-16(11)18-21-9-13(20)10-22-18)23-19(25)24-15-5-6-17(24)12(2)7-15/h3-4,8-10,12,15,17H,5-7H2,1-2H3,(H,23,25)/t12-,15+,17-/m1/s1. The first-order valence-electron chi connectivity index (χ1n) is 8.71. The fraction of sp³-hybridized carbons (Fsp3) is 0.421. The summed E-state index contributed by atoms with van der Waals surface area (Å²) in [5.41, 5.74) is 2.47. The van der Waals surface area contributed by atoms with Crippen LogP contribution in [-0.4, -0.2) is 33.0 Å². The zero-order valence-corrected chi connectivity index (χ0v) is 14.4. The van der Waals surface area contributed by atoms with E-state index in [9.17, 15) is 9.18 Å². The molecule has 2 aromatic rings. The molecule has 2 aliphatic rings. The molecule has 4 rings (SSSR count). The van der Waals surface area contributed by atoms with Gasteiger partial charge in [-0.25, -0.2) is 19.2 Å². The molecule has 2 saturated heterocycles. The van der Waals surface area contributed by atoms with Crippen LogP contribution < -0.4 is 5.32 Å². The summed E-state index contributed by atoms with van der Waals surface area (Å²) < 4.78 is 13.1. The number of hydrogen-bond acceptors (Lipinski definition) is 3. The van der Waals surface area contributed by atoms with Crippen molar-refractivity contribution >= 4 is 11.7 Å². The number of carbonyl (C=O) groups is 1. The molecule has 0 spiro atoms. The van der Waals surface area contributed by atoms with Crippen LogP contribution in [0.5, 0.6) is 0 Å². The summed E-state index contributed by atoms with van der Waals surface area (Å²) in [4.78, 5) is 22.8.